The number of piperazine rings is 1. The molecular formula is C10H19ClN4. The van der Waals surface area contributed by atoms with Gasteiger partial charge in [-0.05, 0) is 6.54 Å². The molecular weight excluding hydrogens is 212 g/mol. The highest BCUT2D eigenvalue weighted by Crippen LogP contribution is 2.20. The standard InChI is InChI=1S/C10H18N4.ClH/c1-3-14-5-4-11-7-10(14)9-6-12-13(2)8-9;/h6,8,10-11H,3-5,7H2,1-2H3;1H. The van der Waals surface area contributed by atoms with Crippen molar-refractivity contribution in [1.82, 2.24) is 20.0 Å². The number of hydrogen-bond acceptors (Lipinski definition) is 3. The normalized spacial score (nSPS) is 22.4. The lowest BCUT2D eigenvalue weighted by molar-refractivity contribution is 0.171. The van der Waals surface area contributed by atoms with Gasteiger partial charge in [-0.3, -0.25) is 9.58 Å². The van der Waals surface area contributed by atoms with Gasteiger partial charge in [-0.25, -0.2) is 0 Å². The number of aromatic nitrogens is 2. The highest BCUT2D eigenvalue weighted by Gasteiger charge is 2.22. The van der Waals surface area contributed by atoms with Crippen LogP contribution in [-0.2, 0) is 7.05 Å². The Kier molecular flexibility index (Phi) is 4.57. The minimum Gasteiger partial charge on any atom is -0.314 e. The summed E-state index contributed by atoms with van der Waals surface area (Å²) < 4.78 is 1.87. The second-order valence-corrected chi connectivity index (χ2v) is 3.80. The molecule has 0 saturated carbocycles. The molecule has 1 unspecified atom stereocenters. The van der Waals surface area contributed by atoms with Crippen molar-refractivity contribution in [2.45, 2.75) is 13.0 Å². The maximum atomic E-state index is 4.22. The zero-order chi connectivity index (χ0) is 9.97. The molecule has 0 radical (unpaired) electrons. The number of hydrogen-bond donors (Lipinski definition) is 1. The van der Waals surface area contributed by atoms with Crippen LogP contribution >= 0.6 is 12.4 Å². The summed E-state index contributed by atoms with van der Waals surface area (Å²) >= 11 is 0. The average Bonchev–Trinajstić information content (AvgIpc) is 2.65. The average molecular weight is 231 g/mol. The molecule has 1 aliphatic heterocycles. The zero-order valence-corrected chi connectivity index (χ0v) is 10.1. The quantitative estimate of drug-likeness (QED) is 0.817. The molecule has 86 valence electrons. The summed E-state index contributed by atoms with van der Waals surface area (Å²) in [7, 11) is 1.97. The van der Waals surface area contributed by atoms with Crippen molar-refractivity contribution in [3.63, 3.8) is 0 Å². The Morgan fingerprint density at radius 2 is 2.40 bits per heavy atom. The summed E-state index contributed by atoms with van der Waals surface area (Å²) in [5, 5.41) is 7.65. The lowest BCUT2D eigenvalue weighted by Gasteiger charge is -2.34. The molecule has 0 amide bonds. The van der Waals surface area contributed by atoms with E-state index in [4.69, 9.17) is 0 Å². The van der Waals surface area contributed by atoms with Crippen LogP contribution in [-0.4, -0.2) is 40.9 Å². The molecule has 0 bridgehead atoms. The first-order valence-electron chi connectivity index (χ1n) is 5.24. The van der Waals surface area contributed by atoms with Gasteiger partial charge in [-0.2, -0.15) is 5.10 Å². The Bertz CT molecular complexity index is 299. The van der Waals surface area contributed by atoms with Crippen molar-refractivity contribution in [2.24, 2.45) is 7.05 Å². The Balaban J connectivity index is 0.00000112. The minimum atomic E-state index is 0. The van der Waals surface area contributed by atoms with Gasteiger partial charge in [0, 0.05) is 38.4 Å². The molecule has 0 spiro atoms. The van der Waals surface area contributed by atoms with Crippen molar-refractivity contribution in [3.8, 4) is 0 Å². The summed E-state index contributed by atoms with van der Waals surface area (Å²) in [4.78, 5) is 2.49. The highest BCUT2D eigenvalue weighted by molar-refractivity contribution is 5.85. The molecule has 5 heteroatoms. The zero-order valence-electron chi connectivity index (χ0n) is 9.31. The molecule has 1 saturated heterocycles. The molecule has 1 aliphatic rings. The molecule has 2 heterocycles. The molecule has 0 aliphatic carbocycles. The highest BCUT2D eigenvalue weighted by atomic mass is 35.5. The SMILES string of the molecule is CCN1CCNCC1c1cnn(C)c1.Cl. The lowest BCUT2D eigenvalue weighted by Crippen LogP contribution is -2.45. The molecule has 4 nitrogen and oxygen atoms in total. The van der Waals surface area contributed by atoms with Crippen molar-refractivity contribution in [1.29, 1.82) is 0 Å². The number of rotatable bonds is 2. The number of halogens is 1. The summed E-state index contributed by atoms with van der Waals surface area (Å²) in [5.41, 5.74) is 1.32. The van der Waals surface area contributed by atoms with Gasteiger partial charge >= 0.3 is 0 Å². The van der Waals surface area contributed by atoms with E-state index in [1.807, 2.05) is 17.9 Å². The van der Waals surface area contributed by atoms with Gasteiger partial charge in [-0.1, -0.05) is 6.92 Å². The molecule has 0 aromatic carbocycles. The van der Waals surface area contributed by atoms with Crippen molar-refractivity contribution in [3.05, 3.63) is 18.0 Å². The van der Waals surface area contributed by atoms with E-state index in [9.17, 15) is 0 Å². The maximum Gasteiger partial charge on any atom is 0.0538 e. The molecule has 1 aromatic heterocycles. The molecule has 1 fully saturated rings. The third-order valence-electron chi connectivity index (χ3n) is 2.87. The van der Waals surface area contributed by atoms with Crippen molar-refractivity contribution < 1.29 is 0 Å². The molecule has 1 N–H and O–H groups in total. The Hall–Kier alpha value is -0.580. The lowest BCUT2D eigenvalue weighted by atomic mass is 10.1. The first-order chi connectivity index (χ1) is 6.81. The fourth-order valence-electron chi connectivity index (χ4n) is 2.07. The van der Waals surface area contributed by atoms with Crippen molar-refractivity contribution >= 4 is 12.4 Å². The van der Waals surface area contributed by atoms with E-state index < -0.39 is 0 Å². The van der Waals surface area contributed by atoms with E-state index in [0.29, 0.717) is 6.04 Å². The monoisotopic (exact) mass is 230 g/mol. The van der Waals surface area contributed by atoms with Crippen LogP contribution in [0.2, 0.25) is 0 Å². The van der Waals surface area contributed by atoms with Crippen LogP contribution in [0.5, 0.6) is 0 Å². The van der Waals surface area contributed by atoms with Crippen LogP contribution in [0.3, 0.4) is 0 Å². The predicted octanol–water partition coefficient (Wildman–Crippen LogP) is 0.808. The van der Waals surface area contributed by atoms with E-state index in [1.165, 1.54) is 5.56 Å². The van der Waals surface area contributed by atoms with Crippen LogP contribution in [0, 0.1) is 0 Å². The maximum absolute atomic E-state index is 4.22. The Labute approximate surface area is 97.1 Å². The van der Waals surface area contributed by atoms with E-state index in [0.717, 1.165) is 26.2 Å². The van der Waals surface area contributed by atoms with Crippen molar-refractivity contribution in [2.75, 3.05) is 26.2 Å². The molecule has 1 atom stereocenters. The van der Waals surface area contributed by atoms with Gasteiger partial charge < -0.3 is 5.32 Å². The topological polar surface area (TPSA) is 33.1 Å². The number of nitrogens with one attached hydrogen (secondary N) is 1. The van der Waals surface area contributed by atoms with Crippen LogP contribution in [0.4, 0.5) is 0 Å². The van der Waals surface area contributed by atoms with E-state index in [-0.39, 0.29) is 12.4 Å². The van der Waals surface area contributed by atoms with E-state index in [1.54, 1.807) is 0 Å². The summed E-state index contributed by atoms with van der Waals surface area (Å²) in [6, 6.07) is 0.502. The van der Waals surface area contributed by atoms with E-state index >= 15 is 0 Å². The van der Waals surface area contributed by atoms with Gasteiger partial charge in [-0.15, -0.1) is 12.4 Å². The van der Waals surface area contributed by atoms with Crippen LogP contribution < -0.4 is 5.32 Å². The van der Waals surface area contributed by atoms with Crippen LogP contribution in [0.25, 0.3) is 0 Å². The largest absolute Gasteiger partial charge is 0.314 e. The Morgan fingerprint density at radius 3 is 3.00 bits per heavy atom. The smallest absolute Gasteiger partial charge is 0.0538 e. The molecule has 2 rings (SSSR count). The van der Waals surface area contributed by atoms with Crippen LogP contribution in [0.1, 0.15) is 18.5 Å². The molecule has 1 aromatic rings. The van der Waals surface area contributed by atoms with Gasteiger partial charge in [0.15, 0.2) is 0 Å². The van der Waals surface area contributed by atoms with E-state index in [2.05, 4.69) is 28.4 Å². The molecule has 15 heavy (non-hydrogen) atoms. The number of nitrogens with zero attached hydrogens (tertiary/aromatic N) is 3. The predicted molar refractivity (Wildman–Crippen MR) is 63.3 cm³/mol. The van der Waals surface area contributed by atoms with Crippen LogP contribution in [0.15, 0.2) is 12.4 Å². The second-order valence-electron chi connectivity index (χ2n) is 3.80. The first kappa shape index (κ1) is 12.5. The number of aryl methyl sites for hydroxylation is 1. The third kappa shape index (κ3) is 2.71. The third-order valence-corrected chi connectivity index (χ3v) is 2.87. The van der Waals surface area contributed by atoms with Gasteiger partial charge in [0.25, 0.3) is 0 Å². The second kappa shape index (κ2) is 5.49. The van der Waals surface area contributed by atoms with Gasteiger partial charge in [0.1, 0.15) is 0 Å². The minimum absolute atomic E-state index is 0. The summed E-state index contributed by atoms with van der Waals surface area (Å²) in [6.07, 6.45) is 4.08. The fraction of sp³-hybridized carbons (Fsp3) is 0.700. The summed E-state index contributed by atoms with van der Waals surface area (Å²) in [5.74, 6) is 0. The van der Waals surface area contributed by atoms with Gasteiger partial charge in [0.2, 0.25) is 0 Å². The summed E-state index contributed by atoms with van der Waals surface area (Å²) in [6.45, 7) is 6.61. The number of likely N-dealkylation sites (N-methyl/N-ethyl adjacent to an activating group) is 1. The fourth-order valence-corrected chi connectivity index (χ4v) is 2.07. The Morgan fingerprint density at radius 1 is 1.60 bits per heavy atom. The first-order valence-corrected chi connectivity index (χ1v) is 5.24. The van der Waals surface area contributed by atoms with Gasteiger partial charge in [0.05, 0.1) is 12.2 Å².